The van der Waals surface area contributed by atoms with E-state index in [9.17, 15) is 9.59 Å². The first kappa shape index (κ1) is 16.6. The summed E-state index contributed by atoms with van der Waals surface area (Å²) in [4.78, 5) is 28.8. The largest absolute Gasteiger partial charge is 0.283 e. The Hall–Kier alpha value is -3.28. The van der Waals surface area contributed by atoms with Crippen molar-refractivity contribution in [3.05, 3.63) is 75.7 Å². The van der Waals surface area contributed by atoms with Gasteiger partial charge in [0.1, 0.15) is 12.2 Å². The van der Waals surface area contributed by atoms with Crippen LogP contribution in [-0.4, -0.2) is 21.7 Å². The van der Waals surface area contributed by atoms with Gasteiger partial charge in [-0.3, -0.25) is 14.2 Å². The number of hydrogen-bond acceptors (Lipinski definition) is 4. The maximum Gasteiger partial charge on any atom is 0.260 e. The third-order valence-electron chi connectivity index (χ3n) is 3.79. The van der Waals surface area contributed by atoms with Crippen molar-refractivity contribution in [3.63, 3.8) is 0 Å². The minimum Gasteiger partial charge on any atom is -0.283 e. The molecule has 0 saturated carbocycles. The van der Waals surface area contributed by atoms with E-state index in [0.717, 1.165) is 22.2 Å². The first-order valence-corrected chi connectivity index (χ1v) is 7.89. The van der Waals surface area contributed by atoms with Crippen LogP contribution in [0.5, 0.6) is 0 Å². The standard InChI is InChI=1S/C19H18N4O2/c1-13-10-14(2)21-19-16(13)8-9-18(25)23(19)12-17(24)22-20-11-15-6-4-3-5-7-15/h3-11H,12H2,1-2H3,(H,22,24)/b20-11+. The van der Waals surface area contributed by atoms with Crippen LogP contribution < -0.4 is 11.0 Å². The van der Waals surface area contributed by atoms with Gasteiger partial charge in [0.05, 0.1) is 6.21 Å². The molecule has 6 heteroatoms. The van der Waals surface area contributed by atoms with Gasteiger partial charge in [0.2, 0.25) is 0 Å². The van der Waals surface area contributed by atoms with E-state index >= 15 is 0 Å². The van der Waals surface area contributed by atoms with Crippen LogP contribution in [-0.2, 0) is 11.3 Å². The number of carbonyl (C=O) groups is 1. The number of fused-ring (bicyclic) bond motifs is 1. The molecule has 2 aromatic heterocycles. The molecule has 0 fully saturated rings. The van der Waals surface area contributed by atoms with E-state index in [1.54, 1.807) is 12.3 Å². The second-order valence-electron chi connectivity index (χ2n) is 5.78. The molecule has 126 valence electrons. The molecule has 0 unspecified atom stereocenters. The number of hydrazone groups is 1. The van der Waals surface area contributed by atoms with Crippen molar-refractivity contribution in [2.75, 3.05) is 0 Å². The smallest absolute Gasteiger partial charge is 0.260 e. The summed E-state index contributed by atoms with van der Waals surface area (Å²) >= 11 is 0. The SMILES string of the molecule is Cc1cc(C)c2ccc(=O)n(CC(=O)N/N=C/c3ccccc3)c2n1. The summed E-state index contributed by atoms with van der Waals surface area (Å²) in [7, 11) is 0. The molecular weight excluding hydrogens is 316 g/mol. The molecule has 1 amide bonds. The van der Waals surface area contributed by atoms with Crippen molar-refractivity contribution in [1.29, 1.82) is 0 Å². The summed E-state index contributed by atoms with van der Waals surface area (Å²) in [6.07, 6.45) is 1.55. The minimum atomic E-state index is -0.386. The number of rotatable bonds is 4. The zero-order valence-electron chi connectivity index (χ0n) is 14.1. The summed E-state index contributed by atoms with van der Waals surface area (Å²) in [5.41, 5.74) is 5.36. The summed E-state index contributed by atoms with van der Waals surface area (Å²) in [6, 6.07) is 14.6. The highest BCUT2D eigenvalue weighted by Gasteiger charge is 2.10. The van der Waals surface area contributed by atoms with Crippen molar-refractivity contribution in [2.45, 2.75) is 20.4 Å². The summed E-state index contributed by atoms with van der Waals surface area (Å²) in [5.74, 6) is -0.386. The van der Waals surface area contributed by atoms with Gasteiger partial charge in [0, 0.05) is 17.1 Å². The van der Waals surface area contributed by atoms with Crippen LogP contribution in [0.15, 0.2) is 58.4 Å². The molecule has 0 bridgehead atoms. The first-order valence-electron chi connectivity index (χ1n) is 7.89. The Bertz CT molecular complexity index is 1010. The second-order valence-corrected chi connectivity index (χ2v) is 5.78. The Morgan fingerprint density at radius 3 is 2.72 bits per heavy atom. The monoisotopic (exact) mass is 334 g/mol. The molecule has 6 nitrogen and oxygen atoms in total. The molecule has 0 radical (unpaired) electrons. The molecule has 3 aromatic rings. The summed E-state index contributed by atoms with van der Waals surface area (Å²) in [5, 5.41) is 4.77. The number of hydrogen-bond donors (Lipinski definition) is 1. The third-order valence-corrected chi connectivity index (χ3v) is 3.79. The van der Waals surface area contributed by atoms with E-state index in [4.69, 9.17) is 0 Å². The van der Waals surface area contributed by atoms with Gasteiger partial charge < -0.3 is 0 Å². The van der Waals surface area contributed by atoms with Gasteiger partial charge in [-0.15, -0.1) is 0 Å². The van der Waals surface area contributed by atoms with Crippen LogP contribution in [0.25, 0.3) is 11.0 Å². The highest BCUT2D eigenvalue weighted by molar-refractivity contribution is 5.84. The molecule has 3 rings (SSSR count). The minimum absolute atomic E-state index is 0.141. The van der Waals surface area contributed by atoms with E-state index in [0.29, 0.717) is 5.65 Å². The fourth-order valence-electron chi connectivity index (χ4n) is 2.64. The second kappa shape index (κ2) is 7.09. The molecule has 25 heavy (non-hydrogen) atoms. The summed E-state index contributed by atoms with van der Waals surface area (Å²) < 4.78 is 1.36. The molecule has 2 heterocycles. The first-order chi connectivity index (χ1) is 12.0. The fraction of sp³-hybridized carbons (Fsp3) is 0.158. The van der Waals surface area contributed by atoms with Crippen molar-refractivity contribution in [3.8, 4) is 0 Å². The van der Waals surface area contributed by atoms with Crippen LogP contribution in [0.1, 0.15) is 16.8 Å². The maximum atomic E-state index is 12.2. The Morgan fingerprint density at radius 2 is 1.96 bits per heavy atom. The Kier molecular flexibility index (Phi) is 4.70. The number of aryl methyl sites for hydroxylation is 2. The molecule has 1 aromatic carbocycles. The van der Waals surface area contributed by atoms with Gasteiger partial charge in [0.15, 0.2) is 0 Å². The van der Waals surface area contributed by atoms with Crippen molar-refractivity contribution in [2.24, 2.45) is 5.10 Å². The lowest BCUT2D eigenvalue weighted by Gasteiger charge is -2.10. The van der Waals surface area contributed by atoms with Gasteiger partial charge in [0.25, 0.3) is 11.5 Å². The Morgan fingerprint density at radius 1 is 1.20 bits per heavy atom. The average Bonchev–Trinajstić information content (AvgIpc) is 2.58. The number of carbonyl (C=O) groups excluding carboxylic acids is 1. The number of amides is 1. The summed E-state index contributed by atoms with van der Waals surface area (Å²) in [6.45, 7) is 3.67. The van der Waals surface area contributed by atoms with E-state index in [-0.39, 0.29) is 18.0 Å². The van der Waals surface area contributed by atoms with Crippen LogP contribution in [0, 0.1) is 13.8 Å². The molecular formula is C19H18N4O2. The molecule has 0 atom stereocenters. The van der Waals surface area contributed by atoms with Gasteiger partial charge in [-0.2, -0.15) is 5.10 Å². The molecule has 0 aliphatic rings. The van der Waals surface area contributed by atoms with E-state index in [2.05, 4.69) is 15.5 Å². The molecule has 0 aliphatic carbocycles. The van der Waals surface area contributed by atoms with Crippen LogP contribution >= 0.6 is 0 Å². The third kappa shape index (κ3) is 3.80. The predicted octanol–water partition coefficient (Wildman–Crippen LogP) is 2.16. The van der Waals surface area contributed by atoms with Gasteiger partial charge in [-0.05, 0) is 37.1 Å². The van der Waals surface area contributed by atoms with Gasteiger partial charge >= 0.3 is 0 Å². The van der Waals surface area contributed by atoms with Crippen LogP contribution in [0.4, 0.5) is 0 Å². The van der Waals surface area contributed by atoms with Crippen molar-refractivity contribution in [1.82, 2.24) is 15.0 Å². The van der Waals surface area contributed by atoms with E-state index in [1.807, 2.05) is 50.2 Å². The Labute approximate surface area is 144 Å². The number of aromatic nitrogens is 2. The van der Waals surface area contributed by atoms with Gasteiger partial charge in [-0.1, -0.05) is 30.3 Å². The van der Waals surface area contributed by atoms with Crippen LogP contribution in [0.3, 0.4) is 0 Å². The number of pyridine rings is 2. The number of nitrogens with one attached hydrogen (secondary N) is 1. The van der Waals surface area contributed by atoms with Crippen molar-refractivity contribution >= 4 is 23.2 Å². The lowest BCUT2D eigenvalue weighted by atomic mass is 10.1. The number of nitrogens with zero attached hydrogens (tertiary/aromatic N) is 3. The zero-order valence-corrected chi connectivity index (χ0v) is 14.1. The normalized spacial score (nSPS) is 11.1. The van der Waals surface area contributed by atoms with Crippen molar-refractivity contribution < 1.29 is 4.79 Å². The molecule has 0 spiro atoms. The Balaban J connectivity index is 1.83. The van der Waals surface area contributed by atoms with Gasteiger partial charge in [-0.25, -0.2) is 10.4 Å². The molecule has 0 aliphatic heterocycles. The number of benzene rings is 1. The van der Waals surface area contributed by atoms with E-state index in [1.165, 1.54) is 10.6 Å². The predicted molar refractivity (Wildman–Crippen MR) is 97.7 cm³/mol. The van der Waals surface area contributed by atoms with Crippen LogP contribution in [0.2, 0.25) is 0 Å². The maximum absolute atomic E-state index is 12.2. The quantitative estimate of drug-likeness (QED) is 0.587. The fourth-order valence-corrected chi connectivity index (χ4v) is 2.64. The highest BCUT2D eigenvalue weighted by atomic mass is 16.2. The average molecular weight is 334 g/mol. The molecule has 0 saturated heterocycles. The lowest BCUT2D eigenvalue weighted by Crippen LogP contribution is -2.30. The topological polar surface area (TPSA) is 76.3 Å². The highest BCUT2D eigenvalue weighted by Crippen LogP contribution is 2.15. The molecule has 1 N–H and O–H groups in total. The van der Waals surface area contributed by atoms with E-state index < -0.39 is 0 Å². The zero-order chi connectivity index (χ0) is 17.8. The lowest BCUT2D eigenvalue weighted by molar-refractivity contribution is -0.121.